The third kappa shape index (κ3) is 6.44. The minimum absolute atomic E-state index is 0. The monoisotopic (exact) mass is 205 g/mol. The van der Waals surface area contributed by atoms with Crippen LogP contribution in [0.4, 0.5) is 0 Å². The van der Waals surface area contributed by atoms with Crippen molar-refractivity contribution in [3.05, 3.63) is 0 Å². The summed E-state index contributed by atoms with van der Waals surface area (Å²) in [5.74, 6) is 1.43. The highest BCUT2D eigenvalue weighted by atomic mass is 35.5. The summed E-state index contributed by atoms with van der Waals surface area (Å²) in [5, 5.41) is 8.65. The second kappa shape index (κ2) is 5.85. The Hall–Kier alpha value is -0.720. The van der Waals surface area contributed by atoms with E-state index in [0.29, 0.717) is 17.6 Å². The molecule has 0 rings (SSSR count). The van der Waals surface area contributed by atoms with Crippen molar-refractivity contribution < 1.29 is 26.8 Å². The number of hydrogen-bond acceptors (Lipinski definition) is 1. The summed E-state index contributed by atoms with van der Waals surface area (Å²) >= 11 is 0. The van der Waals surface area contributed by atoms with Crippen molar-refractivity contribution in [2.45, 2.75) is 6.92 Å². The predicted molar refractivity (Wildman–Crippen MR) is 47.5 cm³/mol. The fraction of sp³-hybridized carbons (Fsp3) is 0.667. The zero-order valence-corrected chi connectivity index (χ0v) is 9.01. The first-order valence-electron chi connectivity index (χ1n) is 3.87. The normalized spacial score (nSPS) is 12.5. The molecule has 1 atom stereocenters. The van der Waals surface area contributed by atoms with Gasteiger partial charge in [0.05, 0.1) is 20.6 Å². The number of nitrogens with zero attached hydrogens (tertiary/aromatic N) is 1. The van der Waals surface area contributed by atoms with Gasteiger partial charge >= 0.3 is 5.97 Å². The van der Waals surface area contributed by atoms with Gasteiger partial charge in [0.25, 0.3) is 0 Å². The zero-order valence-electron chi connectivity index (χ0n) is 8.25. The molecular formula is C9H16ClNO2. The molecule has 0 aromatic heterocycles. The minimum atomic E-state index is -0.766. The molecule has 0 bridgehead atoms. The Balaban J connectivity index is 0. The third-order valence-electron chi connectivity index (χ3n) is 1.71. The first-order chi connectivity index (χ1) is 5.39. The van der Waals surface area contributed by atoms with Crippen LogP contribution in [0.15, 0.2) is 0 Å². The average molecular weight is 206 g/mol. The lowest BCUT2D eigenvalue weighted by atomic mass is 10.1. The summed E-state index contributed by atoms with van der Waals surface area (Å²) in [6, 6.07) is 0. The van der Waals surface area contributed by atoms with E-state index in [9.17, 15) is 4.79 Å². The fourth-order valence-corrected chi connectivity index (χ4v) is 1.13. The molecule has 0 amide bonds. The summed E-state index contributed by atoms with van der Waals surface area (Å²) in [7, 11) is 3.86. The second-order valence-electron chi connectivity index (χ2n) is 3.72. The second-order valence-corrected chi connectivity index (χ2v) is 3.72. The number of carbonyl (C=O) groups is 1. The van der Waals surface area contributed by atoms with Gasteiger partial charge in [-0.3, -0.25) is 4.79 Å². The number of terminal acetylenes is 1. The van der Waals surface area contributed by atoms with Gasteiger partial charge in [0.15, 0.2) is 0 Å². The third-order valence-corrected chi connectivity index (χ3v) is 1.71. The molecule has 0 heterocycles. The Morgan fingerprint density at radius 3 is 2.38 bits per heavy atom. The first kappa shape index (κ1) is 14.8. The molecule has 0 spiro atoms. The minimum Gasteiger partial charge on any atom is -1.00 e. The highest BCUT2D eigenvalue weighted by molar-refractivity contribution is 5.69. The number of carboxylic acids is 1. The van der Waals surface area contributed by atoms with Crippen LogP contribution in [-0.4, -0.2) is 42.7 Å². The van der Waals surface area contributed by atoms with Gasteiger partial charge in [0.1, 0.15) is 12.5 Å². The van der Waals surface area contributed by atoms with E-state index >= 15 is 0 Å². The van der Waals surface area contributed by atoms with Crippen LogP contribution in [0.5, 0.6) is 0 Å². The van der Waals surface area contributed by atoms with Gasteiger partial charge in [-0.15, -0.1) is 6.42 Å². The van der Waals surface area contributed by atoms with Crippen molar-refractivity contribution in [2.24, 2.45) is 5.92 Å². The maximum atomic E-state index is 10.5. The molecule has 0 aliphatic carbocycles. The molecule has 0 aliphatic rings. The topological polar surface area (TPSA) is 37.3 Å². The van der Waals surface area contributed by atoms with E-state index in [1.54, 1.807) is 6.92 Å². The lowest BCUT2D eigenvalue weighted by Crippen LogP contribution is -3.00. The van der Waals surface area contributed by atoms with E-state index in [1.165, 1.54) is 0 Å². The van der Waals surface area contributed by atoms with Crippen molar-refractivity contribution in [3.63, 3.8) is 0 Å². The summed E-state index contributed by atoms with van der Waals surface area (Å²) in [6.07, 6.45) is 5.15. The van der Waals surface area contributed by atoms with Gasteiger partial charge < -0.3 is 22.0 Å². The largest absolute Gasteiger partial charge is 1.00 e. The van der Waals surface area contributed by atoms with Gasteiger partial charge in [0, 0.05) is 0 Å². The first-order valence-corrected chi connectivity index (χ1v) is 3.87. The Morgan fingerprint density at radius 2 is 2.08 bits per heavy atom. The molecule has 0 unspecified atom stereocenters. The fourth-order valence-electron chi connectivity index (χ4n) is 1.13. The van der Waals surface area contributed by atoms with E-state index in [-0.39, 0.29) is 18.3 Å². The number of halogens is 1. The molecule has 1 N–H and O–H groups in total. The highest BCUT2D eigenvalue weighted by Crippen LogP contribution is 2.04. The SMILES string of the molecule is C#CC[N+](C)(C)C[C@H](C)C(=O)O.[Cl-]. The summed E-state index contributed by atoms with van der Waals surface area (Å²) in [6.45, 7) is 2.83. The van der Waals surface area contributed by atoms with Crippen molar-refractivity contribution in [2.75, 3.05) is 27.2 Å². The van der Waals surface area contributed by atoms with Crippen LogP contribution in [-0.2, 0) is 4.79 Å². The molecule has 0 saturated heterocycles. The van der Waals surface area contributed by atoms with Crippen LogP contribution in [0.3, 0.4) is 0 Å². The summed E-state index contributed by atoms with van der Waals surface area (Å²) in [5.41, 5.74) is 0. The Kier molecular flexibility index (Phi) is 6.65. The van der Waals surface area contributed by atoms with Crippen LogP contribution in [0, 0.1) is 18.3 Å². The van der Waals surface area contributed by atoms with Crippen LogP contribution < -0.4 is 12.4 Å². The molecular weight excluding hydrogens is 190 g/mol. The standard InChI is InChI=1S/C9H15NO2.ClH/c1-5-6-10(3,4)7-8(2)9(11)12;/h1,8H,6-7H2,2-4H3;1H/t8-;/m0./s1. The number of rotatable bonds is 4. The van der Waals surface area contributed by atoms with Crippen molar-refractivity contribution in [3.8, 4) is 12.3 Å². The van der Waals surface area contributed by atoms with E-state index in [0.717, 1.165) is 0 Å². The number of carboxylic acid groups (broad SMARTS) is 1. The van der Waals surface area contributed by atoms with E-state index in [2.05, 4.69) is 5.92 Å². The van der Waals surface area contributed by atoms with Crippen molar-refractivity contribution in [1.29, 1.82) is 0 Å². The summed E-state index contributed by atoms with van der Waals surface area (Å²) < 4.78 is 0.559. The van der Waals surface area contributed by atoms with E-state index in [4.69, 9.17) is 11.5 Å². The molecule has 0 aromatic rings. The molecule has 76 valence electrons. The van der Waals surface area contributed by atoms with Crippen molar-refractivity contribution in [1.82, 2.24) is 0 Å². The van der Waals surface area contributed by atoms with Crippen LogP contribution in [0.1, 0.15) is 6.92 Å². The molecule has 0 fully saturated rings. The Morgan fingerprint density at radius 1 is 1.62 bits per heavy atom. The van der Waals surface area contributed by atoms with E-state index in [1.807, 2.05) is 14.1 Å². The van der Waals surface area contributed by atoms with Crippen LogP contribution >= 0.6 is 0 Å². The molecule has 0 saturated carbocycles. The zero-order chi connectivity index (χ0) is 9.78. The number of hydrogen-bond donors (Lipinski definition) is 1. The molecule has 0 radical (unpaired) electrons. The molecule has 4 heteroatoms. The smallest absolute Gasteiger partial charge is 0.311 e. The molecule has 0 aromatic carbocycles. The van der Waals surface area contributed by atoms with Gasteiger partial charge in [0.2, 0.25) is 0 Å². The molecule has 0 aliphatic heterocycles. The van der Waals surface area contributed by atoms with Gasteiger partial charge in [-0.2, -0.15) is 0 Å². The number of quaternary nitrogens is 1. The average Bonchev–Trinajstić information content (AvgIpc) is 1.85. The van der Waals surface area contributed by atoms with Crippen molar-refractivity contribution >= 4 is 5.97 Å². The summed E-state index contributed by atoms with van der Waals surface area (Å²) in [4.78, 5) is 10.5. The Labute approximate surface area is 85.7 Å². The number of aliphatic carboxylic acids is 1. The molecule has 3 nitrogen and oxygen atoms in total. The lowest BCUT2D eigenvalue weighted by Gasteiger charge is -2.28. The highest BCUT2D eigenvalue weighted by Gasteiger charge is 2.22. The maximum absolute atomic E-state index is 10.5. The quantitative estimate of drug-likeness (QED) is 0.405. The van der Waals surface area contributed by atoms with Crippen LogP contribution in [0.25, 0.3) is 0 Å². The van der Waals surface area contributed by atoms with Gasteiger partial charge in [-0.1, -0.05) is 0 Å². The van der Waals surface area contributed by atoms with Gasteiger partial charge in [-0.05, 0) is 12.8 Å². The van der Waals surface area contributed by atoms with Gasteiger partial charge in [-0.25, -0.2) is 0 Å². The van der Waals surface area contributed by atoms with Crippen LogP contribution in [0.2, 0.25) is 0 Å². The predicted octanol–water partition coefficient (Wildman–Crippen LogP) is -2.58. The Bertz CT molecular complexity index is 208. The maximum Gasteiger partial charge on any atom is 0.311 e. The molecule has 13 heavy (non-hydrogen) atoms. The lowest BCUT2D eigenvalue weighted by molar-refractivity contribution is -0.885. The van der Waals surface area contributed by atoms with E-state index < -0.39 is 5.97 Å².